The molecule has 0 aliphatic rings. The van der Waals surface area contributed by atoms with E-state index >= 15 is 0 Å². The highest BCUT2D eigenvalue weighted by Gasteiger charge is 2.38. The molecule has 0 bridgehead atoms. The Balaban J connectivity index is 4.54. The van der Waals surface area contributed by atoms with Gasteiger partial charge in [0.05, 0.1) is 15.4 Å². The van der Waals surface area contributed by atoms with E-state index in [9.17, 15) is 33.4 Å². The van der Waals surface area contributed by atoms with Gasteiger partial charge in [0, 0.05) is 44.3 Å². The third kappa shape index (κ3) is 4.30. The van der Waals surface area contributed by atoms with Gasteiger partial charge in [-0.3, -0.25) is 20.2 Å². The van der Waals surface area contributed by atoms with Crippen molar-refractivity contribution >= 4 is 17.1 Å². The Morgan fingerprint density at radius 2 is 1.57 bits per heavy atom. The number of benzene rings is 1. The van der Waals surface area contributed by atoms with Crippen molar-refractivity contribution in [2.45, 2.75) is 32.6 Å². The van der Waals surface area contributed by atoms with E-state index in [1.165, 1.54) is 0 Å². The second kappa shape index (κ2) is 7.25. The summed E-state index contributed by atoms with van der Waals surface area (Å²) in [4.78, 5) is 18.6. The molecule has 0 aliphatic heterocycles. The quantitative estimate of drug-likeness (QED) is 0.545. The fourth-order valence-electron chi connectivity index (χ4n) is 1.53. The molecule has 0 heterocycles. The number of alkyl halides is 3. The van der Waals surface area contributed by atoms with Crippen LogP contribution in [0.15, 0.2) is 12.1 Å². The highest BCUT2D eigenvalue weighted by molar-refractivity contribution is 5.76. The van der Waals surface area contributed by atoms with Crippen LogP contribution in [0.3, 0.4) is 0 Å². The third-order valence-corrected chi connectivity index (χ3v) is 2.35. The van der Waals surface area contributed by atoms with E-state index in [1.54, 1.807) is 0 Å². The van der Waals surface area contributed by atoms with Crippen molar-refractivity contribution in [1.82, 2.24) is 0 Å². The first-order chi connectivity index (χ1) is 16.0. The van der Waals surface area contributed by atoms with Gasteiger partial charge in [-0.2, -0.15) is 13.2 Å². The summed E-state index contributed by atoms with van der Waals surface area (Å²) >= 11 is 0. The number of hydrogen-bond acceptors (Lipinski definition) is 5. The van der Waals surface area contributed by atoms with Crippen molar-refractivity contribution in [3.05, 3.63) is 37.9 Å². The van der Waals surface area contributed by atoms with Crippen LogP contribution in [0.1, 0.15) is 51.2 Å². The first-order valence-electron chi connectivity index (χ1n) is 12.3. The average Bonchev–Trinajstić information content (AvgIpc) is 2.64. The summed E-state index contributed by atoms with van der Waals surface area (Å²) in [7, 11) is 0. The fraction of sp³-hybridized carbons (Fsp3) is 0.538. The zero-order chi connectivity index (χ0) is 30.0. The van der Waals surface area contributed by atoms with Gasteiger partial charge in [-0.1, -0.05) is 13.7 Å². The van der Waals surface area contributed by atoms with Gasteiger partial charge in [0.2, 0.25) is 0 Å². The van der Waals surface area contributed by atoms with Gasteiger partial charge in [0.25, 0.3) is 11.4 Å². The van der Waals surface area contributed by atoms with Gasteiger partial charge in [-0.15, -0.1) is 0 Å². The number of hydrogen-bond donors (Lipinski definition) is 0. The van der Waals surface area contributed by atoms with Crippen LogP contribution in [-0.4, -0.2) is 22.8 Å². The van der Waals surface area contributed by atoms with E-state index in [2.05, 4.69) is 0 Å². The van der Waals surface area contributed by atoms with Gasteiger partial charge in [0.15, 0.2) is 5.69 Å². The van der Waals surface area contributed by atoms with Crippen molar-refractivity contribution in [2.75, 3.05) is 17.9 Å². The Bertz CT molecular complexity index is 1010. The minimum atomic E-state index is -5.52. The number of nitro groups is 2. The van der Waals surface area contributed by atoms with Crippen molar-refractivity contribution in [1.29, 1.82) is 0 Å². The lowest BCUT2D eigenvalue weighted by molar-refractivity contribution is -0.393. The largest absolute Gasteiger partial charge is 0.416 e. The Kier molecular flexibility index (Phi) is 2.09. The third-order valence-electron chi connectivity index (χ3n) is 2.35. The monoisotopic (exact) mass is 349 g/mol. The van der Waals surface area contributed by atoms with E-state index in [-0.39, 0.29) is 0 Å². The van der Waals surface area contributed by atoms with Crippen LogP contribution in [0.4, 0.5) is 30.2 Å². The summed E-state index contributed by atoms with van der Waals surface area (Å²) in [6.45, 7) is -17.5. The predicted octanol–water partition coefficient (Wildman–Crippen LogP) is 4.15. The predicted molar refractivity (Wildman–Crippen MR) is 77.5 cm³/mol. The normalized spacial score (nSPS) is 24.0. The maximum absolute atomic E-state index is 13.3. The summed E-state index contributed by atoms with van der Waals surface area (Å²) in [6, 6.07) is -0.894. The minimum absolute atomic E-state index is 0.447. The fourth-order valence-corrected chi connectivity index (χ4v) is 1.53. The van der Waals surface area contributed by atoms with Crippen molar-refractivity contribution in [3.8, 4) is 0 Å². The minimum Gasteiger partial charge on any atom is -0.360 e. The summed E-state index contributed by atoms with van der Waals surface area (Å²) in [5.74, 6) is 0. The molecule has 23 heavy (non-hydrogen) atoms. The van der Waals surface area contributed by atoms with Crippen LogP contribution >= 0.6 is 0 Å². The molecule has 0 radical (unpaired) electrons. The second-order valence-corrected chi connectivity index (χ2v) is 3.68. The van der Waals surface area contributed by atoms with Crippen molar-refractivity contribution < 1.29 is 42.2 Å². The molecule has 0 spiro atoms. The summed E-state index contributed by atoms with van der Waals surface area (Å²) in [5.41, 5.74) is -8.50. The number of halogens is 3. The molecular formula is C13H16F3N3O4. The molecule has 0 atom stereocenters. The van der Waals surface area contributed by atoms with Crippen LogP contribution in [0, 0.1) is 20.2 Å². The zero-order valence-electron chi connectivity index (χ0n) is 24.8. The summed E-state index contributed by atoms with van der Waals surface area (Å²) < 4.78 is 147. The van der Waals surface area contributed by atoms with E-state index in [0.29, 0.717) is 0 Å². The van der Waals surface area contributed by atoms with E-state index < -0.39 is 95.1 Å². The van der Waals surface area contributed by atoms with Crippen LogP contribution in [0.25, 0.3) is 0 Å². The molecule has 0 aliphatic carbocycles. The standard InChI is InChI=1S/C13H16F3N3O4/c1-3-5-17(6-4-2)12-10(18(20)21)7-9(13(14,15)16)8-11(12)19(22)23/h7-8H,3-6H2,1-2H3/i1D3,2D3,3D2,4D2,5D2,6D2. The van der Waals surface area contributed by atoms with Gasteiger partial charge in [0.1, 0.15) is 0 Å². The van der Waals surface area contributed by atoms with E-state index in [1.807, 2.05) is 0 Å². The molecule has 0 saturated carbocycles. The summed E-state index contributed by atoms with van der Waals surface area (Å²) in [6.07, 6.45) is -14.3. The second-order valence-electron chi connectivity index (χ2n) is 3.68. The topological polar surface area (TPSA) is 89.5 Å². The maximum Gasteiger partial charge on any atom is 0.416 e. The average molecular weight is 349 g/mol. The lowest BCUT2D eigenvalue weighted by Gasteiger charge is -2.23. The van der Waals surface area contributed by atoms with Gasteiger partial charge >= 0.3 is 6.18 Å². The molecule has 0 N–H and O–H groups in total. The molecule has 10 heteroatoms. The maximum atomic E-state index is 13.3. The SMILES string of the molecule is [2H]C([2H])([2H])C([2H])([2H])C([2H])([2H])N(c1c([N+](=O)[O-])cc(C(F)(F)F)cc1[N+](=O)[O-])C([2H])([2H])C([2H])([2H])C([2H])([2H])[2H]. The molecule has 0 fully saturated rings. The smallest absolute Gasteiger partial charge is 0.360 e. The molecule has 0 saturated heterocycles. The molecule has 7 nitrogen and oxygen atoms in total. The zero-order valence-corrected chi connectivity index (χ0v) is 10.8. The van der Waals surface area contributed by atoms with Crippen LogP contribution in [-0.2, 0) is 6.18 Å². The Morgan fingerprint density at radius 1 is 1.13 bits per heavy atom. The molecule has 1 aromatic carbocycles. The molecule has 0 aromatic heterocycles. The van der Waals surface area contributed by atoms with Crippen molar-refractivity contribution in [3.63, 3.8) is 0 Å². The molecule has 1 rings (SSSR count). The number of rotatable bonds is 7. The first kappa shape index (κ1) is 6.62. The lowest BCUT2D eigenvalue weighted by atomic mass is 10.1. The summed E-state index contributed by atoms with van der Waals surface area (Å²) in [5, 5.41) is 23.3. The van der Waals surface area contributed by atoms with Crippen molar-refractivity contribution in [2.24, 2.45) is 0 Å². The van der Waals surface area contributed by atoms with Gasteiger partial charge in [-0.25, -0.2) is 0 Å². The Labute approximate surface area is 149 Å². The molecule has 0 unspecified atom stereocenters. The Hall–Kier alpha value is -2.39. The van der Waals surface area contributed by atoms with E-state index in [0.717, 1.165) is 0 Å². The molecular weight excluding hydrogens is 319 g/mol. The van der Waals surface area contributed by atoms with Gasteiger partial charge < -0.3 is 4.90 Å². The number of nitro benzene ring substituents is 2. The highest BCUT2D eigenvalue weighted by atomic mass is 19.4. The molecule has 1 aromatic rings. The molecule has 0 amide bonds. The van der Waals surface area contributed by atoms with E-state index in [4.69, 9.17) is 19.2 Å². The van der Waals surface area contributed by atoms with Crippen LogP contribution in [0.2, 0.25) is 0 Å². The highest BCUT2D eigenvalue weighted by Crippen LogP contribution is 2.43. The van der Waals surface area contributed by atoms with Crippen LogP contribution in [0.5, 0.6) is 0 Å². The number of nitrogens with zero attached hydrogens (tertiary/aromatic N) is 3. The van der Waals surface area contributed by atoms with Crippen LogP contribution < -0.4 is 4.90 Å². The van der Waals surface area contributed by atoms with Gasteiger partial charge in [-0.05, 0) is 12.7 Å². The first-order valence-corrected chi connectivity index (χ1v) is 5.32. The lowest BCUT2D eigenvalue weighted by Crippen LogP contribution is -2.27. The Morgan fingerprint density at radius 3 is 1.87 bits per heavy atom. The molecule has 128 valence electrons. The number of anilines is 1.